The fourth-order valence-corrected chi connectivity index (χ4v) is 5.50. The Balaban J connectivity index is 0.00000161. The van der Waals surface area contributed by atoms with Gasteiger partial charge in [-0.25, -0.2) is 0 Å². The van der Waals surface area contributed by atoms with Crippen molar-refractivity contribution in [2.45, 2.75) is 129 Å². The third-order valence-corrected chi connectivity index (χ3v) is 7.57. The van der Waals surface area contributed by atoms with Gasteiger partial charge in [-0.1, -0.05) is 75.6 Å². The fourth-order valence-electron chi connectivity index (χ4n) is 5.50. The quantitative estimate of drug-likeness (QED) is 0.164. The Labute approximate surface area is 229 Å². The maximum Gasteiger partial charge on any atom is 0.373 e. The van der Waals surface area contributed by atoms with Crippen LogP contribution in [-0.2, 0) is 28.6 Å². The van der Waals surface area contributed by atoms with Crippen LogP contribution in [0.4, 0.5) is 0 Å². The zero-order valence-corrected chi connectivity index (χ0v) is 23.8. The summed E-state index contributed by atoms with van der Waals surface area (Å²) in [4.78, 5) is 29.3. The summed E-state index contributed by atoms with van der Waals surface area (Å²) in [7, 11) is 0. The molecule has 0 aliphatic carbocycles. The van der Waals surface area contributed by atoms with E-state index in [0.717, 1.165) is 44.9 Å². The van der Waals surface area contributed by atoms with Crippen LogP contribution in [0.2, 0.25) is 0 Å². The molecular formula is C32H48O6. The maximum atomic E-state index is 13.0. The first-order valence-electron chi connectivity index (χ1n) is 14.5. The molecule has 4 bridgehead atoms. The van der Waals surface area contributed by atoms with Gasteiger partial charge in [-0.3, -0.25) is 4.79 Å². The van der Waals surface area contributed by atoms with Gasteiger partial charge in [0.2, 0.25) is 0 Å². The summed E-state index contributed by atoms with van der Waals surface area (Å²) in [5.41, 5.74) is 1.38. The van der Waals surface area contributed by atoms with Gasteiger partial charge in [-0.2, -0.15) is 9.59 Å². The smallest absolute Gasteiger partial charge is 0.373 e. The minimum atomic E-state index is -0.287. The highest BCUT2D eigenvalue weighted by atomic mass is 16.5. The molecule has 3 unspecified atom stereocenters. The van der Waals surface area contributed by atoms with Crippen molar-refractivity contribution in [2.75, 3.05) is 0 Å². The lowest BCUT2D eigenvalue weighted by Gasteiger charge is -2.37. The number of carbonyl (C=O) groups excluding carboxylic acids is 3. The van der Waals surface area contributed by atoms with Gasteiger partial charge in [-0.05, 0) is 63.9 Å². The SMILES string of the molecule is C/C=C1\CC2CC(=O)OC(/C=C/C=C\CCCC)[C@@H](C)/C=C/[C@H](C)C[C@H]3CCCC(C[C@@H](C1)O2)O3.O=C=O. The summed E-state index contributed by atoms with van der Waals surface area (Å²) in [5.74, 6) is 0.346. The Kier molecular flexibility index (Phi) is 15.2. The minimum Gasteiger partial charge on any atom is -0.457 e. The van der Waals surface area contributed by atoms with E-state index in [0.29, 0.717) is 18.4 Å². The van der Waals surface area contributed by atoms with Crippen LogP contribution in [0.3, 0.4) is 0 Å². The average molecular weight is 529 g/mol. The standard InChI is InChI=1S/C31H48O4.CO2/c1-5-7-8-9-10-11-15-30-24(4)17-16-23(3)18-26-13-12-14-27(33-26)21-28-19-25(6-2)20-29(34-28)22-31(32)35-30;2-1-3/h6,9-11,15-17,23-24,26-30H,5,7-8,12-14,18-22H2,1-4H3;/b10-9-,15-11+,17-16+,25-6-;/t23-,24-,26+,27?,28+,29?,30?;/m0./s1. The molecule has 0 aromatic rings. The molecule has 2 saturated heterocycles. The molecule has 0 amide bonds. The average Bonchev–Trinajstić information content (AvgIpc) is 2.88. The summed E-state index contributed by atoms with van der Waals surface area (Å²) in [6.07, 6.45) is 26.5. The van der Waals surface area contributed by atoms with Gasteiger partial charge < -0.3 is 14.2 Å². The van der Waals surface area contributed by atoms with Gasteiger partial charge in [0.25, 0.3) is 0 Å². The van der Waals surface area contributed by atoms with Crippen LogP contribution in [0.5, 0.6) is 0 Å². The Bertz CT molecular complexity index is 850. The molecule has 6 heteroatoms. The van der Waals surface area contributed by atoms with Crippen molar-refractivity contribution in [1.29, 1.82) is 0 Å². The number of hydrogen-bond acceptors (Lipinski definition) is 6. The number of rotatable bonds is 5. The van der Waals surface area contributed by atoms with Gasteiger partial charge >= 0.3 is 12.1 Å². The number of carbonyl (C=O) groups is 1. The van der Waals surface area contributed by atoms with Crippen LogP contribution in [0.25, 0.3) is 0 Å². The molecule has 0 saturated carbocycles. The summed E-state index contributed by atoms with van der Waals surface area (Å²) in [5, 5.41) is 0. The molecule has 0 radical (unpaired) electrons. The summed E-state index contributed by atoms with van der Waals surface area (Å²) in [6, 6.07) is 0. The van der Waals surface area contributed by atoms with E-state index in [2.05, 4.69) is 58.1 Å². The van der Waals surface area contributed by atoms with E-state index in [9.17, 15) is 4.79 Å². The Hall–Kier alpha value is -2.27. The van der Waals surface area contributed by atoms with Crippen LogP contribution < -0.4 is 0 Å². The fraction of sp³-hybridized carbons (Fsp3) is 0.688. The molecule has 3 heterocycles. The normalized spacial score (nSPS) is 34.8. The molecule has 38 heavy (non-hydrogen) atoms. The van der Waals surface area contributed by atoms with Crippen LogP contribution in [0.15, 0.2) is 48.1 Å². The molecule has 2 fully saturated rings. The molecule has 0 aromatic carbocycles. The third-order valence-electron chi connectivity index (χ3n) is 7.57. The highest BCUT2D eigenvalue weighted by Crippen LogP contribution is 2.33. The Morgan fingerprint density at radius 3 is 2.34 bits per heavy atom. The van der Waals surface area contributed by atoms with Crippen molar-refractivity contribution < 1.29 is 28.6 Å². The lowest BCUT2D eigenvalue weighted by atomic mass is 9.90. The number of fused-ring (bicyclic) bond motifs is 4. The zero-order valence-electron chi connectivity index (χ0n) is 23.8. The van der Waals surface area contributed by atoms with Gasteiger partial charge in [0.15, 0.2) is 0 Å². The number of ether oxygens (including phenoxy) is 3. The topological polar surface area (TPSA) is 78.9 Å². The summed E-state index contributed by atoms with van der Waals surface area (Å²) < 4.78 is 19.0. The molecule has 0 spiro atoms. The second kappa shape index (κ2) is 18.1. The highest BCUT2D eigenvalue weighted by Gasteiger charge is 2.32. The van der Waals surface area contributed by atoms with Crippen molar-refractivity contribution in [3.63, 3.8) is 0 Å². The second-order valence-electron chi connectivity index (χ2n) is 10.9. The maximum absolute atomic E-state index is 13.0. The summed E-state index contributed by atoms with van der Waals surface area (Å²) in [6.45, 7) is 8.69. The highest BCUT2D eigenvalue weighted by molar-refractivity contribution is 5.70. The lowest BCUT2D eigenvalue weighted by molar-refractivity contribution is -0.191. The predicted octanol–water partition coefficient (Wildman–Crippen LogP) is 7.06. The van der Waals surface area contributed by atoms with E-state index in [4.69, 9.17) is 23.8 Å². The number of cyclic esters (lactones) is 1. The molecule has 0 aromatic heterocycles. The molecular weight excluding hydrogens is 480 g/mol. The first-order chi connectivity index (χ1) is 18.4. The molecule has 7 atom stereocenters. The molecule has 0 N–H and O–H groups in total. The Morgan fingerprint density at radius 2 is 1.63 bits per heavy atom. The monoisotopic (exact) mass is 528 g/mol. The van der Waals surface area contributed by atoms with E-state index in [1.165, 1.54) is 24.8 Å². The van der Waals surface area contributed by atoms with E-state index >= 15 is 0 Å². The Morgan fingerprint density at radius 1 is 0.947 bits per heavy atom. The van der Waals surface area contributed by atoms with Gasteiger partial charge in [0.05, 0.1) is 30.8 Å². The molecule has 212 valence electrons. The predicted molar refractivity (Wildman–Crippen MR) is 148 cm³/mol. The van der Waals surface area contributed by atoms with Crippen LogP contribution in [0.1, 0.15) is 98.3 Å². The van der Waals surface area contributed by atoms with E-state index in [-0.39, 0.29) is 42.5 Å². The first kappa shape index (κ1) is 31.9. The number of esters is 1. The van der Waals surface area contributed by atoms with E-state index in [1.807, 2.05) is 12.2 Å². The van der Waals surface area contributed by atoms with Gasteiger partial charge in [-0.15, -0.1) is 0 Å². The largest absolute Gasteiger partial charge is 0.457 e. The van der Waals surface area contributed by atoms with Crippen molar-refractivity contribution in [2.24, 2.45) is 11.8 Å². The van der Waals surface area contributed by atoms with Crippen LogP contribution in [-0.4, -0.2) is 42.6 Å². The van der Waals surface area contributed by atoms with Crippen molar-refractivity contribution in [3.8, 4) is 0 Å². The number of hydrogen-bond donors (Lipinski definition) is 0. The van der Waals surface area contributed by atoms with Gasteiger partial charge in [0, 0.05) is 12.3 Å². The van der Waals surface area contributed by atoms with Crippen LogP contribution >= 0.6 is 0 Å². The molecule has 6 nitrogen and oxygen atoms in total. The van der Waals surface area contributed by atoms with Crippen molar-refractivity contribution in [1.82, 2.24) is 0 Å². The first-order valence-corrected chi connectivity index (χ1v) is 14.5. The molecule has 3 rings (SSSR count). The zero-order chi connectivity index (χ0) is 27.8. The van der Waals surface area contributed by atoms with E-state index < -0.39 is 0 Å². The van der Waals surface area contributed by atoms with Crippen molar-refractivity contribution >= 4 is 12.1 Å². The summed E-state index contributed by atoms with van der Waals surface area (Å²) >= 11 is 0. The number of allylic oxidation sites excluding steroid dienone is 5. The lowest BCUT2D eigenvalue weighted by Crippen LogP contribution is -2.37. The minimum absolute atomic E-state index is 0.0979. The molecule has 3 aliphatic rings. The second-order valence-corrected chi connectivity index (χ2v) is 10.9. The third kappa shape index (κ3) is 12.1. The van der Waals surface area contributed by atoms with Crippen LogP contribution in [0, 0.1) is 11.8 Å². The van der Waals surface area contributed by atoms with E-state index in [1.54, 1.807) is 0 Å². The van der Waals surface area contributed by atoms with Gasteiger partial charge in [0.1, 0.15) is 6.10 Å². The van der Waals surface area contributed by atoms with Crippen molar-refractivity contribution in [3.05, 3.63) is 48.1 Å². The molecule has 3 aliphatic heterocycles. The number of unbranched alkanes of at least 4 members (excludes halogenated alkanes) is 2.